The van der Waals surface area contributed by atoms with Gasteiger partial charge in [0.2, 0.25) is 5.91 Å². The van der Waals surface area contributed by atoms with Gasteiger partial charge in [-0.3, -0.25) is 14.6 Å². The van der Waals surface area contributed by atoms with Crippen molar-refractivity contribution in [3.63, 3.8) is 0 Å². The van der Waals surface area contributed by atoms with Crippen molar-refractivity contribution >= 4 is 5.91 Å². The zero-order valence-electron chi connectivity index (χ0n) is 17.6. The molecular weight excluding hydrogens is 354 g/mol. The predicted molar refractivity (Wildman–Crippen MR) is 110 cm³/mol. The van der Waals surface area contributed by atoms with Crippen molar-refractivity contribution in [3.8, 4) is 5.75 Å². The van der Waals surface area contributed by atoms with Crippen molar-refractivity contribution < 1.29 is 14.6 Å². The van der Waals surface area contributed by atoms with Gasteiger partial charge in [0, 0.05) is 64.9 Å². The number of ether oxygens (including phenoxy) is 1. The van der Waals surface area contributed by atoms with Crippen LogP contribution in [0.5, 0.6) is 5.75 Å². The van der Waals surface area contributed by atoms with Gasteiger partial charge in [0.15, 0.2) is 0 Å². The van der Waals surface area contributed by atoms with Gasteiger partial charge in [0.25, 0.3) is 0 Å². The van der Waals surface area contributed by atoms with Crippen LogP contribution in [0.25, 0.3) is 0 Å². The van der Waals surface area contributed by atoms with Gasteiger partial charge in [0.05, 0.1) is 7.11 Å². The molecule has 0 bridgehead atoms. The van der Waals surface area contributed by atoms with Gasteiger partial charge in [-0.15, -0.1) is 0 Å². The smallest absolute Gasteiger partial charge is 0.219 e. The Hall–Kier alpha value is -1.63. The molecule has 1 aromatic rings. The maximum Gasteiger partial charge on any atom is 0.219 e. The molecule has 1 aromatic carbocycles. The highest BCUT2D eigenvalue weighted by atomic mass is 16.5. The average Bonchev–Trinajstić information content (AvgIpc) is 2.70. The molecule has 2 aliphatic rings. The number of benzene rings is 1. The molecule has 0 spiro atoms. The summed E-state index contributed by atoms with van der Waals surface area (Å²) in [7, 11) is 1.71. The Bertz CT molecular complexity index is 658. The van der Waals surface area contributed by atoms with Crippen molar-refractivity contribution in [2.24, 2.45) is 0 Å². The molecule has 0 aliphatic carbocycles. The van der Waals surface area contributed by atoms with E-state index in [0.29, 0.717) is 12.1 Å². The molecule has 3 rings (SSSR count). The third-order valence-electron chi connectivity index (χ3n) is 6.37. The van der Waals surface area contributed by atoms with Crippen LogP contribution in [0.1, 0.15) is 37.3 Å². The molecule has 0 aromatic heterocycles. The third kappa shape index (κ3) is 5.04. The third-order valence-corrected chi connectivity index (χ3v) is 6.37. The first kappa shape index (κ1) is 21.1. The molecule has 2 saturated heterocycles. The fourth-order valence-electron chi connectivity index (χ4n) is 4.70. The van der Waals surface area contributed by atoms with Crippen molar-refractivity contribution in [2.75, 3.05) is 46.4 Å². The number of hydrogen-bond acceptors (Lipinski definition) is 5. The quantitative estimate of drug-likeness (QED) is 0.805. The van der Waals surface area contributed by atoms with Crippen molar-refractivity contribution in [1.29, 1.82) is 0 Å². The second-order valence-electron chi connectivity index (χ2n) is 8.17. The van der Waals surface area contributed by atoms with E-state index in [9.17, 15) is 9.90 Å². The fourth-order valence-corrected chi connectivity index (χ4v) is 4.70. The highest BCUT2D eigenvalue weighted by Gasteiger charge is 2.32. The zero-order chi connectivity index (χ0) is 20.1. The van der Waals surface area contributed by atoms with E-state index >= 15 is 0 Å². The molecule has 156 valence electrons. The number of rotatable bonds is 6. The van der Waals surface area contributed by atoms with Gasteiger partial charge in [-0.1, -0.05) is 12.1 Å². The lowest BCUT2D eigenvalue weighted by atomic mass is 9.99. The van der Waals surface area contributed by atoms with Crippen LogP contribution in [-0.4, -0.2) is 84.2 Å². The Morgan fingerprint density at radius 2 is 1.96 bits per heavy atom. The summed E-state index contributed by atoms with van der Waals surface area (Å²) >= 11 is 0. The number of piperazine rings is 1. The van der Waals surface area contributed by atoms with Crippen molar-refractivity contribution in [3.05, 3.63) is 29.3 Å². The molecule has 28 heavy (non-hydrogen) atoms. The molecule has 1 unspecified atom stereocenters. The number of carbonyl (C=O) groups excluding carboxylic acids is 1. The first-order valence-electron chi connectivity index (χ1n) is 10.5. The number of piperidine rings is 1. The number of hydrogen-bond donors (Lipinski definition) is 1. The molecule has 6 nitrogen and oxygen atoms in total. The lowest BCUT2D eigenvalue weighted by Gasteiger charge is -2.46. The Kier molecular flexibility index (Phi) is 7.32. The summed E-state index contributed by atoms with van der Waals surface area (Å²) in [6, 6.07) is 7.32. The fraction of sp³-hybridized carbons (Fsp3) is 0.682. The molecule has 2 heterocycles. The summed E-state index contributed by atoms with van der Waals surface area (Å²) < 4.78 is 5.38. The maximum atomic E-state index is 11.6. The molecule has 1 atom stereocenters. The average molecular weight is 390 g/mol. The lowest BCUT2D eigenvalue weighted by Crippen LogP contribution is -2.57. The van der Waals surface area contributed by atoms with Crippen LogP contribution in [-0.2, 0) is 11.3 Å². The molecule has 2 fully saturated rings. The van der Waals surface area contributed by atoms with Crippen molar-refractivity contribution in [2.45, 2.75) is 51.7 Å². The van der Waals surface area contributed by atoms with Gasteiger partial charge in [-0.05, 0) is 43.4 Å². The van der Waals surface area contributed by atoms with Crippen LogP contribution in [0.3, 0.4) is 0 Å². The van der Waals surface area contributed by atoms with Crippen LogP contribution >= 0.6 is 0 Å². The lowest BCUT2D eigenvalue weighted by molar-refractivity contribution is -0.130. The van der Waals surface area contributed by atoms with Crippen LogP contribution in [0.4, 0.5) is 0 Å². The van der Waals surface area contributed by atoms with Crippen LogP contribution in [0.2, 0.25) is 0 Å². The molecule has 6 heteroatoms. The second kappa shape index (κ2) is 9.72. The number of amides is 1. The number of likely N-dealkylation sites (tertiary alicyclic amines) is 1. The molecule has 0 saturated carbocycles. The van der Waals surface area contributed by atoms with Gasteiger partial charge < -0.3 is 14.7 Å². The SMILES string of the molecule is COc1ccc(CN2CCN(C3CCN(C(C)=O)CC3)CC2CCO)cc1C. The van der Waals surface area contributed by atoms with E-state index in [4.69, 9.17) is 4.74 Å². The maximum absolute atomic E-state index is 11.6. The van der Waals surface area contributed by atoms with Gasteiger partial charge >= 0.3 is 0 Å². The molecule has 0 radical (unpaired) electrons. The van der Waals surface area contributed by atoms with Crippen LogP contribution < -0.4 is 4.74 Å². The minimum atomic E-state index is 0.191. The monoisotopic (exact) mass is 389 g/mol. The summed E-state index contributed by atoms with van der Waals surface area (Å²) in [5.41, 5.74) is 2.46. The minimum absolute atomic E-state index is 0.191. The van der Waals surface area contributed by atoms with E-state index in [1.54, 1.807) is 14.0 Å². The molecule has 1 amide bonds. The highest BCUT2D eigenvalue weighted by molar-refractivity contribution is 5.73. The van der Waals surface area contributed by atoms with E-state index in [1.165, 1.54) is 5.56 Å². The summed E-state index contributed by atoms with van der Waals surface area (Å²) in [6.07, 6.45) is 2.92. The Balaban J connectivity index is 1.60. The van der Waals surface area contributed by atoms with Crippen molar-refractivity contribution in [1.82, 2.24) is 14.7 Å². The first-order chi connectivity index (χ1) is 13.5. The molecule has 2 aliphatic heterocycles. The minimum Gasteiger partial charge on any atom is -0.496 e. The van der Waals surface area contributed by atoms with E-state index in [0.717, 1.165) is 69.8 Å². The predicted octanol–water partition coefficient (Wildman–Crippen LogP) is 1.88. The summed E-state index contributed by atoms with van der Waals surface area (Å²) in [5.74, 6) is 1.12. The second-order valence-corrected chi connectivity index (χ2v) is 8.17. The van der Waals surface area contributed by atoms with E-state index in [2.05, 4.69) is 28.9 Å². The van der Waals surface area contributed by atoms with Gasteiger partial charge in [-0.25, -0.2) is 0 Å². The van der Waals surface area contributed by atoms with E-state index in [-0.39, 0.29) is 12.5 Å². The van der Waals surface area contributed by atoms with Crippen LogP contribution in [0, 0.1) is 6.92 Å². The first-order valence-corrected chi connectivity index (χ1v) is 10.5. The Morgan fingerprint density at radius 3 is 2.57 bits per heavy atom. The Morgan fingerprint density at radius 1 is 1.21 bits per heavy atom. The number of aliphatic hydroxyl groups is 1. The van der Waals surface area contributed by atoms with Gasteiger partial charge in [-0.2, -0.15) is 0 Å². The number of nitrogens with zero attached hydrogens (tertiary/aromatic N) is 3. The van der Waals surface area contributed by atoms with E-state index in [1.807, 2.05) is 11.0 Å². The van der Waals surface area contributed by atoms with Gasteiger partial charge in [0.1, 0.15) is 5.75 Å². The highest BCUT2D eigenvalue weighted by Crippen LogP contribution is 2.25. The normalized spacial score (nSPS) is 22.4. The Labute approximate surface area is 169 Å². The van der Waals surface area contributed by atoms with Crippen LogP contribution in [0.15, 0.2) is 18.2 Å². The molecular formula is C22H35N3O3. The largest absolute Gasteiger partial charge is 0.496 e. The summed E-state index contributed by atoms with van der Waals surface area (Å²) in [5, 5.41) is 9.60. The zero-order valence-corrected chi connectivity index (χ0v) is 17.6. The standard InChI is InChI=1S/C22H35N3O3/c1-17-14-19(4-5-22(17)28-3)15-24-11-12-25(16-21(24)8-13-26)20-6-9-23(10-7-20)18(2)27/h4-5,14,20-21,26H,6-13,15-16H2,1-3H3. The van der Waals surface area contributed by atoms with E-state index < -0.39 is 0 Å². The topological polar surface area (TPSA) is 56.2 Å². The number of methoxy groups -OCH3 is 1. The molecule has 1 N–H and O–H groups in total. The number of carbonyl (C=O) groups is 1. The summed E-state index contributed by atoms with van der Waals surface area (Å²) in [4.78, 5) is 18.6. The summed E-state index contributed by atoms with van der Waals surface area (Å²) in [6.45, 7) is 9.69. The number of aliphatic hydroxyl groups excluding tert-OH is 1. The number of aryl methyl sites for hydroxylation is 1.